The van der Waals surface area contributed by atoms with Crippen LogP contribution in [0.4, 0.5) is 4.39 Å². The van der Waals surface area contributed by atoms with Crippen LogP contribution >= 0.6 is 23.2 Å². The molecule has 0 spiro atoms. The molecule has 5 heteroatoms. The number of halogens is 3. The lowest BCUT2D eigenvalue weighted by molar-refractivity contribution is 0.101. The zero-order valence-electron chi connectivity index (χ0n) is 10.6. The fourth-order valence-corrected chi connectivity index (χ4v) is 2.08. The Morgan fingerprint density at radius 1 is 1.25 bits per heavy atom. The predicted octanol–water partition coefficient (Wildman–Crippen LogP) is 4.91. The molecule has 0 atom stereocenters. The SMILES string of the molecule is CC(=O)c1cc(Cl)ccc1OCc1cccc(Cl)c1F. The van der Waals surface area contributed by atoms with Crippen molar-refractivity contribution in [3.63, 3.8) is 0 Å². The number of hydrogen-bond donors (Lipinski definition) is 0. The summed E-state index contributed by atoms with van der Waals surface area (Å²) in [6, 6.07) is 9.39. The number of carbonyl (C=O) groups is 1. The Balaban J connectivity index is 2.23. The molecule has 0 aliphatic heterocycles. The molecule has 0 aromatic heterocycles. The van der Waals surface area contributed by atoms with Crippen LogP contribution in [0.3, 0.4) is 0 Å². The minimum absolute atomic E-state index is 0.0195. The number of ketones is 1. The van der Waals surface area contributed by atoms with Crippen molar-refractivity contribution in [3.8, 4) is 5.75 Å². The van der Waals surface area contributed by atoms with E-state index in [4.69, 9.17) is 27.9 Å². The van der Waals surface area contributed by atoms with Crippen LogP contribution in [-0.4, -0.2) is 5.78 Å². The number of ether oxygens (including phenoxy) is 1. The highest BCUT2D eigenvalue weighted by atomic mass is 35.5. The number of benzene rings is 2. The molecule has 0 fully saturated rings. The van der Waals surface area contributed by atoms with Gasteiger partial charge >= 0.3 is 0 Å². The summed E-state index contributed by atoms with van der Waals surface area (Å²) in [6.07, 6.45) is 0. The maximum atomic E-state index is 13.7. The highest BCUT2D eigenvalue weighted by Crippen LogP contribution is 2.25. The quantitative estimate of drug-likeness (QED) is 0.749. The molecule has 0 aliphatic rings. The van der Waals surface area contributed by atoms with Crippen molar-refractivity contribution < 1.29 is 13.9 Å². The first-order chi connectivity index (χ1) is 9.49. The van der Waals surface area contributed by atoms with Gasteiger partial charge in [0.25, 0.3) is 0 Å². The first-order valence-corrected chi connectivity index (χ1v) is 6.61. The number of hydrogen-bond acceptors (Lipinski definition) is 2. The van der Waals surface area contributed by atoms with E-state index >= 15 is 0 Å². The van der Waals surface area contributed by atoms with E-state index in [2.05, 4.69) is 0 Å². The van der Waals surface area contributed by atoms with Gasteiger partial charge in [0.1, 0.15) is 18.2 Å². The van der Waals surface area contributed by atoms with E-state index in [0.29, 0.717) is 21.9 Å². The molecule has 0 heterocycles. The number of carbonyl (C=O) groups excluding carboxylic acids is 1. The fraction of sp³-hybridized carbons (Fsp3) is 0.133. The molecule has 2 nitrogen and oxygen atoms in total. The number of rotatable bonds is 4. The van der Waals surface area contributed by atoms with Crippen LogP contribution in [0.5, 0.6) is 5.75 Å². The summed E-state index contributed by atoms with van der Waals surface area (Å²) >= 11 is 11.5. The van der Waals surface area contributed by atoms with Gasteiger partial charge in [-0.05, 0) is 31.2 Å². The highest BCUT2D eigenvalue weighted by Gasteiger charge is 2.11. The monoisotopic (exact) mass is 312 g/mol. The van der Waals surface area contributed by atoms with Crippen molar-refractivity contribution >= 4 is 29.0 Å². The molecule has 2 aromatic carbocycles. The molecule has 0 saturated heterocycles. The molecule has 2 aromatic rings. The fourth-order valence-electron chi connectivity index (χ4n) is 1.72. The summed E-state index contributed by atoms with van der Waals surface area (Å²) in [5, 5.41) is 0.477. The van der Waals surface area contributed by atoms with Gasteiger partial charge in [0.05, 0.1) is 10.6 Å². The largest absolute Gasteiger partial charge is 0.488 e. The Hall–Kier alpha value is -1.58. The average Bonchev–Trinajstić information content (AvgIpc) is 2.41. The third kappa shape index (κ3) is 3.30. The third-order valence-corrected chi connectivity index (χ3v) is 3.26. The van der Waals surface area contributed by atoms with E-state index < -0.39 is 5.82 Å². The van der Waals surface area contributed by atoms with Crippen LogP contribution < -0.4 is 4.74 Å². The summed E-state index contributed by atoms with van der Waals surface area (Å²) < 4.78 is 19.2. The summed E-state index contributed by atoms with van der Waals surface area (Å²) in [5.74, 6) is -0.331. The Kier molecular flexibility index (Phi) is 4.63. The van der Waals surface area contributed by atoms with Crippen LogP contribution in [0, 0.1) is 5.82 Å². The first-order valence-electron chi connectivity index (χ1n) is 5.85. The lowest BCUT2D eigenvalue weighted by atomic mass is 10.1. The molecule has 0 N–H and O–H groups in total. The molecule has 0 bridgehead atoms. The van der Waals surface area contributed by atoms with E-state index in [0.717, 1.165) is 0 Å². The van der Waals surface area contributed by atoms with Crippen LogP contribution in [0.2, 0.25) is 10.0 Å². The van der Waals surface area contributed by atoms with E-state index in [1.807, 2.05) is 0 Å². The van der Waals surface area contributed by atoms with E-state index in [1.165, 1.54) is 19.1 Å². The minimum atomic E-state index is -0.521. The average molecular weight is 313 g/mol. The van der Waals surface area contributed by atoms with Gasteiger partial charge in [-0.15, -0.1) is 0 Å². The molecule has 0 unspecified atom stereocenters. The zero-order valence-corrected chi connectivity index (χ0v) is 12.1. The third-order valence-electron chi connectivity index (χ3n) is 2.74. The second-order valence-electron chi connectivity index (χ2n) is 4.20. The first kappa shape index (κ1) is 14.8. The number of Topliss-reactive ketones (excluding diaryl/α,β-unsaturated/α-hetero) is 1. The van der Waals surface area contributed by atoms with Crippen LogP contribution in [0.25, 0.3) is 0 Å². The van der Waals surface area contributed by atoms with Gasteiger partial charge in [-0.3, -0.25) is 4.79 Å². The van der Waals surface area contributed by atoms with Crippen molar-refractivity contribution in [1.29, 1.82) is 0 Å². The molecule has 0 aliphatic carbocycles. The lowest BCUT2D eigenvalue weighted by Crippen LogP contribution is -2.03. The Bertz CT molecular complexity index is 656. The van der Waals surface area contributed by atoms with Crippen molar-refractivity contribution in [3.05, 3.63) is 63.4 Å². The van der Waals surface area contributed by atoms with Crippen molar-refractivity contribution in [1.82, 2.24) is 0 Å². The molecule has 0 saturated carbocycles. The molecule has 0 amide bonds. The van der Waals surface area contributed by atoms with Crippen LogP contribution in [-0.2, 0) is 6.61 Å². The van der Waals surface area contributed by atoms with Gasteiger partial charge in [-0.1, -0.05) is 35.3 Å². The molecular formula is C15H11Cl2FO2. The topological polar surface area (TPSA) is 26.3 Å². The summed E-state index contributed by atoms with van der Waals surface area (Å²) in [5.41, 5.74) is 0.682. The maximum absolute atomic E-state index is 13.7. The van der Waals surface area contributed by atoms with Gasteiger partial charge in [0, 0.05) is 10.6 Å². The van der Waals surface area contributed by atoms with Crippen molar-refractivity contribution in [2.75, 3.05) is 0 Å². The van der Waals surface area contributed by atoms with Gasteiger partial charge in [-0.25, -0.2) is 4.39 Å². The van der Waals surface area contributed by atoms with E-state index in [-0.39, 0.29) is 17.4 Å². The smallest absolute Gasteiger partial charge is 0.163 e. The zero-order chi connectivity index (χ0) is 14.7. The standard InChI is InChI=1S/C15H11Cl2FO2/c1-9(19)12-7-11(16)5-6-14(12)20-8-10-3-2-4-13(17)15(10)18/h2-7H,8H2,1H3. The van der Waals surface area contributed by atoms with Crippen molar-refractivity contribution in [2.45, 2.75) is 13.5 Å². The van der Waals surface area contributed by atoms with Gasteiger partial charge in [0.2, 0.25) is 0 Å². The second kappa shape index (κ2) is 6.25. The Morgan fingerprint density at radius 3 is 2.70 bits per heavy atom. The predicted molar refractivity (Wildman–Crippen MR) is 77.2 cm³/mol. The Labute approximate surface area is 126 Å². The van der Waals surface area contributed by atoms with Gasteiger partial charge in [0.15, 0.2) is 5.78 Å². The lowest BCUT2D eigenvalue weighted by Gasteiger charge is -2.11. The Morgan fingerprint density at radius 2 is 2.00 bits per heavy atom. The van der Waals surface area contributed by atoms with E-state index in [1.54, 1.807) is 24.3 Å². The minimum Gasteiger partial charge on any atom is -0.488 e. The molecule has 104 valence electrons. The molecular weight excluding hydrogens is 302 g/mol. The van der Waals surface area contributed by atoms with Gasteiger partial charge < -0.3 is 4.74 Å². The highest BCUT2D eigenvalue weighted by molar-refractivity contribution is 6.31. The summed E-state index contributed by atoms with van der Waals surface area (Å²) in [6.45, 7) is 1.40. The van der Waals surface area contributed by atoms with Crippen molar-refractivity contribution in [2.24, 2.45) is 0 Å². The van der Waals surface area contributed by atoms with Crippen LogP contribution in [0.1, 0.15) is 22.8 Å². The maximum Gasteiger partial charge on any atom is 0.163 e. The normalized spacial score (nSPS) is 10.4. The van der Waals surface area contributed by atoms with E-state index in [9.17, 15) is 9.18 Å². The molecule has 20 heavy (non-hydrogen) atoms. The second-order valence-corrected chi connectivity index (χ2v) is 5.04. The molecule has 2 rings (SSSR count). The summed E-state index contributed by atoms with van der Waals surface area (Å²) in [7, 11) is 0. The summed E-state index contributed by atoms with van der Waals surface area (Å²) in [4.78, 5) is 11.5. The van der Waals surface area contributed by atoms with Crippen LogP contribution in [0.15, 0.2) is 36.4 Å². The molecule has 0 radical (unpaired) electrons. The van der Waals surface area contributed by atoms with Gasteiger partial charge in [-0.2, -0.15) is 0 Å².